The molecule has 6 heteroatoms. The number of benzene rings is 2. The zero-order chi connectivity index (χ0) is 18.8. The second kappa shape index (κ2) is 7.32. The van der Waals surface area contributed by atoms with Crippen LogP contribution < -0.4 is 5.73 Å². The zero-order valence-electron chi connectivity index (χ0n) is 15.3. The number of nitrogens with two attached hydrogens (primary N) is 1. The smallest absolute Gasteiger partial charge is 0.232 e. The van der Waals surface area contributed by atoms with Gasteiger partial charge in [0.25, 0.3) is 0 Å². The number of hydrogen-bond acceptors (Lipinski definition) is 5. The highest BCUT2D eigenvalue weighted by atomic mass is 16.5. The molecule has 27 heavy (non-hydrogen) atoms. The summed E-state index contributed by atoms with van der Waals surface area (Å²) in [5.41, 5.74) is 9.89. The van der Waals surface area contributed by atoms with Crippen LogP contribution in [0.3, 0.4) is 0 Å². The Labute approximate surface area is 158 Å². The largest absolute Gasteiger partial charge is 0.339 e. The van der Waals surface area contributed by atoms with Crippen LogP contribution in [0.1, 0.15) is 34.9 Å². The van der Waals surface area contributed by atoms with Crippen molar-refractivity contribution in [2.45, 2.75) is 32.4 Å². The van der Waals surface area contributed by atoms with E-state index in [1.54, 1.807) is 0 Å². The van der Waals surface area contributed by atoms with Crippen molar-refractivity contribution in [1.29, 1.82) is 0 Å². The van der Waals surface area contributed by atoms with Gasteiger partial charge in [-0.3, -0.25) is 4.79 Å². The van der Waals surface area contributed by atoms with Crippen molar-refractivity contribution < 1.29 is 9.32 Å². The van der Waals surface area contributed by atoms with Gasteiger partial charge >= 0.3 is 0 Å². The van der Waals surface area contributed by atoms with Gasteiger partial charge in [0.05, 0.1) is 5.92 Å². The molecular formula is C21H22N4O2. The first-order valence-corrected chi connectivity index (χ1v) is 9.08. The molecule has 0 saturated carbocycles. The Kier molecular flexibility index (Phi) is 4.73. The van der Waals surface area contributed by atoms with Crippen LogP contribution >= 0.6 is 0 Å². The Bertz CT molecular complexity index is 932. The lowest BCUT2D eigenvalue weighted by atomic mass is 10.1. The number of likely N-dealkylation sites (tertiary alicyclic amines) is 1. The van der Waals surface area contributed by atoms with Gasteiger partial charge in [0.15, 0.2) is 0 Å². The summed E-state index contributed by atoms with van der Waals surface area (Å²) in [4.78, 5) is 18.8. The lowest BCUT2D eigenvalue weighted by molar-refractivity contribution is -0.128. The zero-order valence-corrected chi connectivity index (χ0v) is 15.3. The van der Waals surface area contributed by atoms with E-state index in [0.717, 1.165) is 16.7 Å². The maximum Gasteiger partial charge on any atom is 0.232 e. The van der Waals surface area contributed by atoms with Crippen LogP contribution in [0.4, 0.5) is 0 Å². The van der Waals surface area contributed by atoms with Crippen molar-refractivity contribution in [2.75, 3.05) is 6.54 Å². The Hall–Kier alpha value is -2.99. The van der Waals surface area contributed by atoms with Crippen LogP contribution in [0, 0.1) is 6.92 Å². The van der Waals surface area contributed by atoms with E-state index in [2.05, 4.69) is 41.3 Å². The molecule has 2 aromatic carbocycles. The quantitative estimate of drug-likeness (QED) is 0.754. The first kappa shape index (κ1) is 17.4. The molecule has 0 spiro atoms. The molecule has 1 aliphatic heterocycles. The SMILES string of the molecule is Cc1ccc(CN2CC(c3nc(-c4ccc(CN)cc4)no3)CC2=O)cc1. The van der Waals surface area contributed by atoms with Crippen LogP contribution in [0.2, 0.25) is 0 Å². The molecule has 138 valence electrons. The minimum Gasteiger partial charge on any atom is -0.339 e. The number of aryl methyl sites for hydroxylation is 1. The third-order valence-corrected chi connectivity index (χ3v) is 4.95. The molecule has 2 N–H and O–H groups in total. The normalized spacial score (nSPS) is 16.9. The molecule has 1 unspecified atom stereocenters. The van der Waals surface area contributed by atoms with Gasteiger partial charge in [0, 0.05) is 31.6 Å². The molecule has 6 nitrogen and oxygen atoms in total. The van der Waals surface area contributed by atoms with Gasteiger partial charge in [-0.15, -0.1) is 0 Å². The average Bonchev–Trinajstić information content (AvgIpc) is 3.31. The van der Waals surface area contributed by atoms with E-state index in [1.165, 1.54) is 5.56 Å². The highest BCUT2D eigenvalue weighted by Crippen LogP contribution is 2.29. The van der Waals surface area contributed by atoms with E-state index >= 15 is 0 Å². The van der Waals surface area contributed by atoms with Gasteiger partial charge in [-0.1, -0.05) is 59.3 Å². The molecule has 1 amide bonds. The third kappa shape index (κ3) is 3.75. The molecule has 1 aliphatic rings. The van der Waals surface area contributed by atoms with Gasteiger partial charge in [0.1, 0.15) is 0 Å². The Morgan fingerprint density at radius 3 is 2.52 bits per heavy atom. The standard InChI is InChI=1S/C21H22N4O2/c1-14-2-4-16(5-3-14)12-25-13-18(10-19(25)26)21-23-20(24-27-21)17-8-6-15(11-22)7-9-17/h2-9,18H,10-13,22H2,1H3. The summed E-state index contributed by atoms with van der Waals surface area (Å²) in [5.74, 6) is 1.12. The monoisotopic (exact) mass is 362 g/mol. The number of amides is 1. The molecule has 0 radical (unpaired) electrons. The summed E-state index contributed by atoms with van der Waals surface area (Å²) in [6.07, 6.45) is 0.402. The Morgan fingerprint density at radius 2 is 1.81 bits per heavy atom. The second-order valence-electron chi connectivity index (χ2n) is 7.02. The maximum atomic E-state index is 12.4. The van der Waals surface area contributed by atoms with Crippen LogP contribution in [0.25, 0.3) is 11.4 Å². The van der Waals surface area contributed by atoms with E-state index in [0.29, 0.717) is 37.8 Å². The molecule has 1 aromatic heterocycles. The van der Waals surface area contributed by atoms with Crippen molar-refractivity contribution in [3.63, 3.8) is 0 Å². The van der Waals surface area contributed by atoms with E-state index in [4.69, 9.17) is 10.3 Å². The molecule has 3 aromatic rings. The minimum atomic E-state index is -0.0625. The average molecular weight is 362 g/mol. The Balaban J connectivity index is 1.45. The second-order valence-corrected chi connectivity index (χ2v) is 7.02. The third-order valence-electron chi connectivity index (χ3n) is 4.95. The summed E-state index contributed by atoms with van der Waals surface area (Å²) in [7, 11) is 0. The fourth-order valence-corrected chi connectivity index (χ4v) is 3.31. The van der Waals surface area contributed by atoms with Gasteiger partial charge in [-0.25, -0.2) is 0 Å². The highest BCUT2D eigenvalue weighted by molar-refractivity contribution is 5.79. The van der Waals surface area contributed by atoms with Crippen LogP contribution in [0.15, 0.2) is 53.1 Å². The number of aromatic nitrogens is 2. The molecule has 2 heterocycles. The van der Waals surface area contributed by atoms with Crippen molar-refractivity contribution in [3.05, 3.63) is 71.1 Å². The van der Waals surface area contributed by atoms with Crippen molar-refractivity contribution in [1.82, 2.24) is 15.0 Å². The van der Waals surface area contributed by atoms with Gasteiger partial charge in [-0.05, 0) is 18.1 Å². The molecule has 1 atom stereocenters. The fraction of sp³-hybridized carbons (Fsp3) is 0.286. The fourth-order valence-electron chi connectivity index (χ4n) is 3.31. The number of carbonyl (C=O) groups is 1. The predicted octanol–water partition coefficient (Wildman–Crippen LogP) is 3.02. The Morgan fingerprint density at radius 1 is 1.11 bits per heavy atom. The van der Waals surface area contributed by atoms with Gasteiger partial charge in [0.2, 0.25) is 17.6 Å². The maximum absolute atomic E-state index is 12.4. The van der Waals surface area contributed by atoms with E-state index in [9.17, 15) is 4.79 Å². The summed E-state index contributed by atoms with van der Waals surface area (Å²) >= 11 is 0. The van der Waals surface area contributed by atoms with Crippen LogP contribution in [0.5, 0.6) is 0 Å². The van der Waals surface area contributed by atoms with E-state index in [-0.39, 0.29) is 11.8 Å². The predicted molar refractivity (Wildman–Crippen MR) is 102 cm³/mol. The van der Waals surface area contributed by atoms with Crippen LogP contribution in [-0.2, 0) is 17.9 Å². The van der Waals surface area contributed by atoms with Crippen molar-refractivity contribution >= 4 is 5.91 Å². The first-order valence-electron chi connectivity index (χ1n) is 9.08. The number of hydrogen-bond donors (Lipinski definition) is 1. The summed E-state index contributed by atoms with van der Waals surface area (Å²) < 4.78 is 5.46. The van der Waals surface area contributed by atoms with Crippen molar-refractivity contribution in [3.8, 4) is 11.4 Å². The molecule has 1 saturated heterocycles. The van der Waals surface area contributed by atoms with Crippen molar-refractivity contribution in [2.24, 2.45) is 5.73 Å². The molecular weight excluding hydrogens is 340 g/mol. The molecule has 0 bridgehead atoms. The van der Waals surface area contributed by atoms with E-state index < -0.39 is 0 Å². The van der Waals surface area contributed by atoms with Gasteiger partial charge in [-0.2, -0.15) is 4.98 Å². The number of rotatable bonds is 5. The molecule has 1 fully saturated rings. The number of carbonyl (C=O) groups excluding carboxylic acids is 1. The molecule has 4 rings (SSSR count). The van der Waals surface area contributed by atoms with E-state index in [1.807, 2.05) is 29.2 Å². The van der Waals surface area contributed by atoms with Gasteiger partial charge < -0.3 is 15.2 Å². The van der Waals surface area contributed by atoms with Crippen LogP contribution in [-0.4, -0.2) is 27.5 Å². The number of nitrogens with zero attached hydrogens (tertiary/aromatic N) is 3. The topological polar surface area (TPSA) is 85.2 Å². The lowest BCUT2D eigenvalue weighted by Crippen LogP contribution is -2.24. The summed E-state index contributed by atoms with van der Waals surface area (Å²) in [6.45, 7) is 3.76. The molecule has 0 aliphatic carbocycles. The summed E-state index contributed by atoms with van der Waals surface area (Å²) in [5, 5.41) is 4.08. The minimum absolute atomic E-state index is 0.0625. The first-order chi connectivity index (χ1) is 13.1. The summed E-state index contributed by atoms with van der Waals surface area (Å²) in [6, 6.07) is 16.0. The lowest BCUT2D eigenvalue weighted by Gasteiger charge is -2.16. The highest BCUT2D eigenvalue weighted by Gasteiger charge is 2.34.